The average Bonchev–Trinajstić information content (AvgIpc) is 2.97. The molecule has 1 N–H and O–H groups in total. The lowest BCUT2D eigenvalue weighted by atomic mass is 10.1. The standard InChI is InChI=1S/C18H17N3O5/c1-10-6-13-15(20-26-17(13)7-11(10)2)9-18(22)19-14-5-4-12(25-3)8-16(14)21(23)24/h4-8H,9H2,1-3H3,(H,19,22). The highest BCUT2D eigenvalue weighted by Crippen LogP contribution is 2.29. The SMILES string of the molecule is COc1ccc(NC(=O)Cc2noc3cc(C)c(C)cc23)c([N+](=O)[O-])c1. The van der Waals surface area contributed by atoms with Gasteiger partial charge in [0.25, 0.3) is 5.69 Å². The summed E-state index contributed by atoms with van der Waals surface area (Å²) >= 11 is 0. The molecule has 1 aromatic heterocycles. The number of aryl methyl sites for hydroxylation is 2. The van der Waals surface area contributed by atoms with Crippen LogP contribution in [-0.4, -0.2) is 23.1 Å². The van der Waals surface area contributed by atoms with E-state index in [1.54, 1.807) is 6.07 Å². The Hall–Kier alpha value is -3.42. The van der Waals surface area contributed by atoms with Crippen LogP contribution in [0.5, 0.6) is 5.75 Å². The molecule has 1 heterocycles. The van der Waals surface area contributed by atoms with Crippen LogP contribution in [-0.2, 0) is 11.2 Å². The van der Waals surface area contributed by atoms with E-state index in [0.717, 1.165) is 16.5 Å². The first-order chi connectivity index (χ1) is 12.4. The number of nitro benzene ring substituents is 1. The topological polar surface area (TPSA) is 108 Å². The van der Waals surface area contributed by atoms with Crippen LogP contribution >= 0.6 is 0 Å². The fourth-order valence-corrected chi connectivity index (χ4v) is 2.61. The lowest BCUT2D eigenvalue weighted by Crippen LogP contribution is -2.15. The smallest absolute Gasteiger partial charge is 0.296 e. The molecule has 0 aliphatic carbocycles. The van der Waals surface area contributed by atoms with Crippen molar-refractivity contribution in [1.82, 2.24) is 5.16 Å². The third-order valence-corrected chi connectivity index (χ3v) is 4.16. The molecule has 0 fully saturated rings. The van der Waals surface area contributed by atoms with Crippen molar-refractivity contribution in [3.63, 3.8) is 0 Å². The zero-order valence-electron chi connectivity index (χ0n) is 14.5. The van der Waals surface area contributed by atoms with Gasteiger partial charge < -0.3 is 14.6 Å². The molecule has 26 heavy (non-hydrogen) atoms. The second-order valence-corrected chi connectivity index (χ2v) is 5.93. The molecule has 0 unspecified atom stereocenters. The monoisotopic (exact) mass is 355 g/mol. The Morgan fingerprint density at radius 3 is 2.69 bits per heavy atom. The van der Waals surface area contributed by atoms with Gasteiger partial charge in [0.2, 0.25) is 5.91 Å². The molecule has 3 aromatic rings. The molecule has 8 heteroatoms. The summed E-state index contributed by atoms with van der Waals surface area (Å²) in [6, 6.07) is 8.02. The Morgan fingerprint density at radius 2 is 2.00 bits per heavy atom. The maximum Gasteiger partial charge on any atom is 0.296 e. The van der Waals surface area contributed by atoms with Gasteiger partial charge in [0.05, 0.1) is 24.5 Å². The van der Waals surface area contributed by atoms with Crippen molar-refractivity contribution < 1.29 is 19.0 Å². The molecule has 8 nitrogen and oxygen atoms in total. The van der Waals surface area contributed by atoms with E-state index in [0.29, 0.717) is 17.0 Å². The van der Waals surface area contributed by atoms with E-state index in [1.807, 2.05) is 26.0 Å². The van der Waals surface area contributed by atoms with Gasteiger partial charge in [-0.25, -0.2) is 0 Å². The first-order valence-corrected chi connectivity index (χ1v) is 7.87. The maximum atomic E-state index is 12.4. The largest absolute Gasteiger partial charge is 0.496 e. The number of hydrogen-bond donors (Lipinski definition) is 1. The number of carbonyl (C=O) groups is 1. The van der Waals surface area contributed by atoms with Crippen LogP contribution in [0.4, 0.5) is 11.4 Å². The highest BCUT2D eigenvalue weighted by molar-refractivity contribution is 5.96. The van der Waals surface area contributed by atoms with Crippen LogP contribution in [0.1, 0.15) is 16.8 Å². The summed E-state index contributed by atoms with van der Waals surface area (Å²) < 4.78 is 10.3. The zero-order chi connectivity index (χ0) is 18.8. The summed E-state index contributed by atoms with van der Waals surface area (Å²) in [5, 5.41) is 18.5. The summed E-state index contributed by atoms with van der Waals surface area (Å²) in [6.45, 7) is 3.93. The number of carbonyl (C=O) groups excluding carboxylic acids is 1. The van der Waals surface area contributed by atoms with Gasteiger partial charge in [-0.05, 0) is 49.2 Å². The molecule has 1 amide bonds. The normalized spacial score (nSPS) is 10.7. The highest BCUT2D eigenvalue weighted by atomic mass is 16.6. The average molecular weight is 355 g/mol. The minimum Gasteiger partial charge on any atom is -0.496 e. The van der Waals surface area contributed by atoms with Gasteiger partial charge in [0, 0.05) is 5.39 Å². The lowest BCUT2D eigenvalue weighted by molar-refractivity contribution is -0.384. The van der Waals surface area contributed by atoms with Crippen LogP contribution in [0.15, 0.2) is 34.9 Å². The van der Waals surface area contributed by atoms with Crippen LogP contribution in [0.25, 0.3) is 11.0 Å². The van der Waals surface area contributed by atoms with Gasteiger partial charge in [-0.15, -0.1) is 0 Å². The van der Waals surface area contributed by atoms with E-state index in [-0.39, 0.29) is 17.8 Å². The molecule has 0 aliphatic rings. The number of rotatable bonds is 5. The van der Waals surface area contributed by atoms with E-state index in [4.69, 9.17) is 9.26 Å². The maximum absolute atomic E-state index is 12.4. The number of nitro groups is 1. The Balaban J connectivity index is 1.84. The second kappa shape index (κ2) is 6.83. The molecule has 2 aromatic carbocycles. The van der Waals surface area contributed by atoms with Gasteiger partial charge in [-0.1, -0.05) is 5.16 Å². The minimum absolute atomic E-state index is 0.0569. The van der Waals surface area contributed by atoms with Crippen molar-refractivity contribution in [2.45, 2.75) is 20.3 Å². The van der Waals surface area contributed by atoms with E-state index in [2.05, 4.69) is 10.5 Å². The number of amides is 1. The number of aromatic nitrogens is 1. The molecular weight excluding hydrogens is 338 g/mol. The van der Waals surface area contributed by atoms with Gasteiger partial charge in [0.1, 0.15) is 17.1 Å². The Morgan fingerprint density at radius 1 is 1.27 bits per heavy atom. The summed E-state index contributed by atoms with van der Waals surface area (Å²) in [5.41, 5.74) is 3.07. The summed E-state index contributed by atoms with van der Waals surface area (Å²) in [7, 11) is 1.41. The Labute approximate surface area is 148 Å². The molecular formula is C18H17N3O5. The fourth-order valence-electron chi connectivity index (χ4n) is 2.61. The molecule has 3 rings (SSSR count). The van der Waals surface area contributed by atoms with Gasteiger partial charge >= 0.3 is 0 Å². The zero-order valence-corrected chi connectivity index (χ0v) is 14.5. The lowest BCUT2D eigenvalue weighted by Gasteiger charge is -2.07. The summed E-state index contributed by atoms with van der Waals surface area (Å²) in [5.74, 6) is -0.0882. The number of hydrogen-bond acceptors (Lipinski definition) is 6. The molecule has 0 saturated heterocycles. The number of methoxy groups -OCH3 is 1. The first kappa shape index (κ1) is 17.4. The van der Waals surface area contributed by atoms with Crippen LogP contribution in [0.2, 0.25) is 0 Å². The van der Waals surface area contributed by atoms with Crippen LogP contribution in [0, 0.1) is 24.0 Å². The summed E-state index contributed by atoms with van der Waals surface area (Å²) in [4.78, 5) is 23.0. The van der Waals surface area contributed by atoms with Gasteiger partial charge in [-0.3, -0.25) is 14.9 Å². The van der Waals surface area contributed by atoms with Crippen molar-refractivity contribution in [2.75, 3.05) is 12.4 Å². The number of fused-ring (bicyclic) bond motifs is 1. The Kier molecular flexibility index (Phi) is 4.57. The Bertz CT molecular complexity index is 1010. The quantitative estimate of drug-likeness (QED) is 0.554. The predicted octanol–water partition coefficient (Wildman–Crippen LogP) is 3.54. The number of ether oxygens (including phenoxy) is 1. The third kappa shape index (κ3) is 3.34. The fraction of sp³-hybridized carbons (Fsp3) is 0.222. The first-order valence-electron chi connectivity index (χ1n) is 7.87. The molecule has 0 aliphatic heterocycles. The molecule has 0 radical (unpaired) electrons. The van der Waals surface area contributed by atoms with Crippen molar-refractivity contribution in [3.05, 3.63) is 57.3 Å². The van der Waals surface area contributed by atoms with Crippen molar-refractivity contribution in [2.24, 2.45) is 0 Å². The number of nitrogens with zero attached hydrogens (tertiary/aromatic N) is 2. The predicted molar refractivity (Wildman–Crippen MR) is 95.5 cm³/mol. The molecule has 0 spiro atoms. The minimum atomic E-state index is -0.574. The van der Waals surface area contributed by atoms with E-state index < -0.39 is 10.8 Å². The van der Waals surface area contributed by atoms with Gasteiger partial charge in [0.15, 0.2) is 5.58 Å². The van der Waals surface area contributed by atoms with E-state index in [9.17, 15) is 14.9 Å². The van der Waals surface area contributed by atoms with Crippen molar-refractivity contribution >= 4 is 28.3 Å². The third-order valence-electron chi connectivity index (χ3n) is 4.16. The van der Waals surface area contributed by atoms with Crippen molar-refractivity contribution in [1.29, 1.82) is 0 Å². The molecule has 134 valence electrons. The summed E-state index contributed by atoms with van der Waals surface area (Å²) in [6.07, 6.45) is -0.0569. The molecule has 0 atom stereocenters. The van der Waals surface area contributed by atoms with E-state index in [1.165, 1.54) is 19.2 Å². The highest BCUT2D eigenvalue weighted by Gasteiger charge is 2.19. The van der Waals surface area contributed by atoms with Gasteiger partial charge in [-0.2, -0.15) is 0 Å². The van der Waals surface area contributed by atoms with Crippen molar-refractivity contribution in [3.8, 4) is 5.75 Å². The second-order valence-electron chi connectivity index (χ2n) is 5.93. The van der Waals surface area contributed by atoms with Crippen LogP contribution in [0.3, 0.4) is 0 Å². The molecule has 0 bridgehead atoms. The number of nitrogens with one attached hydrogen (secondary N) is 1. The molecule has 0 saturated carbocycles. The van der Waals surface area contributed by atoms with E-state index >= 15 is 0 Å². The number of anilines is 1. The van der Waals surface area contributed by atoms with Crippen LogP contribution < -0.4 is 10.1 Å². The number of benzene rings is 2.